The molecule has 0 saturated heterocycles. The molecule has 0 aliphatic rings. The number of hydrogen-bond acceptors (Lipinski definition) is 1. The van der Waals surface area contributed by atoms with E-state index in [0.29, 0.717) is 0 Å². The van der Waals surface area contributed by atoms with Gasteiger partial charge in [-0.1, -0.05) is 5.79 Å². The summed E-state index contributed by atoms with van der Waals surface area (Å²) in [7, 11) is 0. The van der Waals surface area contributed by atoms with Crippen LogP contribution in [0.5, 0.6) is 0 Å². The average Bonchev–Trinajstić information content (AvgIpc) is 1.37. The van der Waals surface area contributed by atoms with E-state index in [1.165, 1.54) is 0 Å². The molecule has 1 nitrogen and oxygen atoms in total. The summed E-state index contributed by atoms with van der Waals surface area (Å²) in [6.07, 6.45) is 0. The van der Waals surface area contributed by atoms with Gasteiger partial charge in [0.05, 0.1) is 0 Å². The van der Waals surface area contributed by atoms with Crippen LogP contribution in [0.25, 0.3) is 0 Å². The van der Waals surface area contributed by atoms with E-state index in [4.69, 9.17) is 2.84 Å². The highest BCUT2D eigenvalue weighted by Crippen LogP contribution is 1.45. The lowest BCUT2D eigenvalue weighted by Gasteiger charge is -1.75. The standard InChI is InChI=1S/CH3.2Al.O.3H/h1H3;;;;;;. The van der Waals surface area contributed by atoms with Crippen LogP contribution >= 0.6 is 0 Å². The molecule has 3 heteroatoms. The minimum atomic E-state index is -0.0139. The van der Waals surface area contributed by atoms with Gasteiger partial charge in [0.2, 0.25) is 0 Å². The van der Waals surface area contributed by atoms with Crippen LogP contribution in [0.15, 0.2) is 0 Å². The first kappa shape index (κ1) is 5.02. The molecule has 0 heterocycles. The van der Waals surface area contributed by atoms with Crippen LogP contribution in [0.1, 0.15) is 0 Å². The molecule has 0 unspecified atom stereocenters. The zero-order valence-electron chi connectivity index (χ0n) is 3.12. The monoisotopic (exact) mass is 88.0 g/mol. The third-order valence-electron chi connectivity index (χ3n) is 0.289. The van der Waals surface area contributed by atoms with Crippen LogP contribution in [-0.2, 0) is 2.84 Å². The van der Waals surface area contributed by atoms with Gasteiger partial charge in [0.25, 0.3) is 0 Å². The zero-order valence-corrected chi connectivity index (χ0v) is 6.53. The lowest BCUT2D eigenvalue weighted by Crippen LogP contribution is -1.82. The van der Waals surface area contributed by atoms with Gasteiger partial charge < -0.3 is 2.84 Å². The van der Waals surface area contributed by atoms with Gasteiger partial charge >= 0.3 is 32.2 Å². The third-order valence-corrected chi connectivity index (χ3v) is 2.60. The van der Waals surface area contributed by atoms with Crippen LogP contribution in [0, 0.1) is 0 Å². The molecule has 0 amide bonds. The third kappa shape index (κ3) is 3.02. The summed E-state index contributed by atoms with van der Waals surface area (Å²) in [5.74, 6) is 2.13. The minimum Gasteiger partial charge on any atom is -0.645 e. The van der Waals surface area contributed by atoms with Crippen LogP contribution < -0.4 is 0 Å². The Hall–Kier alpha value is 1.02. The number of rotatable bonds is 1. The summed E-state index contributed by atoms with van der Waals surface area (Å²) in [5, 5.41) is 0. The topological polar surface area (TPSA) is 9.23 Å². The van der Waals surface area contributed by atoms with E-state index in [9.17, 15) is 0 Å². The van der Waals surface area contributed by atoms with Gasteiger partial charge in [-0.25, -0.2) is 0 Å². The van der Waals surface area contributed by atoms with E-state index in [1.54, 1.807) is 0 Å². The van der Waals surface area contributed by atoms with Crippen LogP contribution in [0.3, 0.4) is 0 Å². The normalized spacial score (nSPS) is 6.25. The summed E-state index contributed by atoms with van der Waals surface area (Å²) in [6, 6.07) is 0. The van der Waals surface area contributed by atoms with Crippen molar-refractivity contribution in [3.8, 4) is 0 Å². The highest BCUT2D eigenvalue weighted by molar-refractivity contribution is 6.32. The molecule has 22 valence electrons. The molecule has 0 spiro atoms. The second-order valence-corrected chi connectivity index (χ2v) is 3.46. The fourth-order valence-electron chi connectivity index (χ4n) is 0. The maximum atomic E-state index is 4.82. The minimum absolute atomic E-state index is 0.0139. The second-order valence-electron chi connectivity index (χ2n) is 0.577. The molecular formula is CH6Al2O. The van der Waals surface area contributed by atoms with Crippen molar-refractivity contribution in [3.63, 3.8) is 0 Å². The first-order valence-electron chi connectivity index (χ1n) is 1.40. The van der Waals surface area contributed by atoms with Crippen molar-refractivity contribution < 1.29 is 2.84 Å². The molecule has 0 aliphatic carbocycles. The van der Waals surface area contributed by atoms with E-state index in [-0.39, 0.29) is 15.6 Å². The maximum Gasteiger partial charge on any atom is 0.401 e. The maximum absolute atomic E-state index is 4.82. The fraction of sp³-hybridized carbons (Fsp3) is 1.00. The van der Waals surface area contributed by atoms with Crippen molar-refractivity contribution >= 4 is 32.2 Å². The smallest absolute Gasteiger partial charge is 0.401 e. The summed E-state index contributed by atoms with van der Waals surface area (Å²) in [5.41, 5.74) is 0. The summed E-state index contributed by atoms with van der Waals surface area (Å²) in [4.78, 5) is 0. The van der Waals surface area contributed by atoms with Crippen molar-refractivity contribution in [3.05, 3.63) is 0 Å². The summed E-state index contributed by atoms with van der Waals surface area (Å²) < 4.78 is 4.82. The molecule has 0 aromatic carbocycles. The molecule has 0 aromatic heterocycles. The van der Waals surface area contributed by atoms with Gasteiger partial charge in [-0.15, -0.1) is 0 Å². The van der Waals surface area contributed by atoms with Crippen molar-refractivity contribution in [2.24, 2.45) is 0 Å². The van der Waals surface area contributed by atoms with Crippen LogP contribution in [0.4, 0.5) is 0 Å². The van der Waals surface area contributed by atoms with Gasteiger partial charge in [-0.2, -0.15) is 0 Å². The second kappa shape index (κ2) is 4.02. The molecule has 0 saturated carbocycles. The van der Waals surface area contributed by atoms with E-state index >= 15 is 0 Å². The Bertz CT molecular complexity index is 8.00. The van der Waals surface area contributed by atoms with Crippen molar-refractivity contribution in [1.29, 1.82) is 0 Å². The fourth-order valence-corrected chi connectivity index (χ4v) is 0. The predicted molar refractivity (Wildman–Crippen MR) is 22.6 cm³/mol. The molecule has 4 heavy (non-hydrogen) atoms. The Labute approximate surface area is 41.1 Å². The summed E-state index contributed by atoms with van der Waals surface area (Å²) in [6.45, 7) is 0. The molecule has 0 N–H and O–H groups in total. The van der Waals surface area contributed by atoms with E-state index in [2.05, 4.69) is 5.79 Å². The predicted octanol–water partition coefficient (Wildman–Crippen LogP) is -1.05. The number of hydrogen-bond donors (Lipinski definition) is 0. The average molecular weight is 88.0 g/mol. The Morgan fingerprint density at radius 2 is 2.25 bits per heavy atom. The van der Waals surface area contributed by atoms with E-state index in [0.717, 1.165) is 16.6 Å². The van der Waals surface area contributed by atoms with Gasteiger partial charge in [0, 0.05) is 0 Å². The van der Waals surface area contributed by atoms with Crippen molar-refractivity contribution in [1.82, 2.24) is 0 Å². The van der Waals surface area contributed by atoms with Gasteiger partial charge in [-0.3, -0.25) is 0 Å². The SMILES string of the molecule is [CH3][AlH][O][AlH2]. The van der Waals surface area contributed by atoms with Gasteiger partial charge in [0.1, 0.15) is 0 Å². The quantitative estimate of drug-likeness (QED) is 0.372. The Balaban J connectivity index is 1.97. The van der Waals surface area contributed by atoms with E-state index < -0.39 is 0 Å². The van der Waals surface area contributed by atoms with Gasteiger partial charge in [0.15, 0.2) is 0 Å². The molecule has 0 fully saturated rings. The summed E-state index contributed by atoms with van der Waals surface area (Å²) >= 11 is 0.938. The molecular weight excluding hydrogens is 82.0 g/mol. The lowest BCUT2D eigenvalue weighted by molar-refractivity contribution is 0.671. The Kier molecular flexibility index (Phi) is 5.06. The molecule has 0 rings (SSSR count). The molecule has 0 atom stereocenters. The first-order chi connectivity index (χ1) is 1.91. The zero-order chi connectivity index (χ0) is 3.41. The van der Waals surface area contributed by atoms with E-state index in [1.807, 2.05) is 0 Å². The molecule has 0 radical (unpaired) electrons. The first-order valence-corrected chi connectivity index (χ1v) is 4.21. The highest BCUT2D eigenvalue weighted by atomic mass is 27.2. The Morgan fingerprint density at radius 1 is 2.00 bits per heavy atom. The molecule has 0 aliphatic heterocycles. The molecule has 0 aromatic rings. The molecule has 0 bridgehead atoms. The highest BCUT2D eigenvalue weighted by Gasteiger charge is 1.65. The Morgan fingerprint density at radius 3 is 2.25 bits per heavy atom. The van der Waals surface area contributed by atoms with Crippen LogP contribution in [0.2, 0.25) is 5.79 Å². The largest absolute Gasteiger partial charge is 0.645 e. The van der Waals surface area contributed by atoms with Crippen LogP contribution in [-0.4, -0.2) is 32.2 Å². The van der Waals surface area contributed by atoms with Crippen molar-refractivity contribution in [2.45, 2.75) is 5.79 Å². The lowest BCUT2D eigenvalue weighted by atomic mass is 11.9. The van der Waals surface area contributed by atoms with Gasteiger partial charge in [-0.05, 0) is 0 Å². The van der Waals surface area contributed by atoms with Crippen molar-refractivity contribution in [2.75, 3.05) is 0 Å².